The smallest absolute Gasteiger partial charge is 0.342 e. The normalized spacial score (nSPS) is 18.9. The number of carbonyl (C=O) groups is 1. The van der Waals surface area contributed by atoms with Crippen LogP contribution in [0.25, 0.3) is 0 Å². The second-order valence-corrected chi connectivity index (χ2v) is 11.9. The fourth-order valence-electron chi connectivity index (χ4n) is 4.67. The van der Waals surface area contributed by atoms with Crippen LogP contribution in [-0.4, -0.2) is 22.3 Å². The zero-order chi connectivity index (χ0) is 25.8. The Hall–Kier alpha value is -2.23. The van der Waals surface area contributed by atoms with Crippen molar-refractivity contribution in [1.29, 1.82) is 0 Å². The summed E-state index contributed by atoms with van der Waals surface area (Å²) < 4.78 is 12.4. The predicted octanol–water partition coefficient (Wildman–Crippen LogP) is 8.27. The van der Waals surface area contributed by atoms with Gasteiger partial charge in [0.1, 0.15) is 28.3 Å². The van der Waals surface area contributed by atoms with Gasteiger partial charge in [0.05, 0.1) is 0 Å². The molecule has 0 spiro atoms. The molecule has 0 radical (unpaired) electrons. The maximum Gasteiger partial charge on any atom is 0.342 e. The van der Waals surface area contributed by atoms with Crippen LogP contribution in [0.5, 0.6) is 11.5 Å². The van der Waals surface area contributed by atoms with Crippen molar-refractivity contribution in [2.75, 3.05) is 0 Å². The van der Waals surface area contributed by atoms with E-state index in [4.69, 9.17) is 9.47 Å². The lowest BCUT2D eigenvalue weighted by Crippen LogP contribution is -2.29. The highest BCUT2D eigenvalue weighted by Gasteiger charge is 2.36. The molecule has 1 aliphatic carbocycles. The van der Waals surface area contributed by atoms with E-state index in [2.05, 4.69) is 26.5 Å². The first-order valence-electron chi connectivity index (χ1n) is 12.8. The van der Waals surface area contributed by atoms with Gasteiger partial charge in [-0.2, -0.15) is 0 Å². The Morgan fingerprint density at radius 1 is 1.15 bits per heavy atom. The molecular weight excluding hydrogens is 424 g/mol. The third kappa shape index (κ3) is 7.38. The number of hydrogen-bond donors (Lipinski definition) is 1. The molecule has 2 atom stereocenters. The third-order valence-corrected chi connectivity index (χ3v) is 6.15. The van der Waals surface area contributed by atoms with Gasteiger partial charge in [-0.15, -0.1) is 0 Å². The van der Waals surface area contributed by atoms with Gasteiger partial charge in [-0.1, -0.05) is 43.6 Å². The molecule has 1 aromatic carbocycles. The Balaban J connectivity index is 2.85. The van der Waals surface area contributed by atoms with Gasteiger partial charge < -0.3 is 14.6 Å². The molecule has 0 bridgehead atoms. The second kappa shape index (κ2) is 11.0. The number of esters is 1. The van der Waals surface area contributed by atoms with Gasteiger partial charge in [-0.05, 0) is 98.6 Å². The van der Waals surface area contributed by atoms with Gasteiger partial charge in [-0.3, -0.25) is 0 Å². The summed E-state index contributed by atoms with van der Waals surface area (Å²) in [5.74, 6) is 0.280. The molecule has 0 saturated heterocycles. The number of allylic oxidation sites excluding steroid dienone is 3. The van der Waals surface area contributed by atoms with Gasteiger partial charge >= 0.3 is 5.97 Å². The predicted molar refractivity (Wildman–Crippen MR) is 141 cm³/mol. The van der Waals surface area contributed by atoms with Crippen molar-refractivity contribution >= 4 is 5.97 Å². The lowest BCUT2D eigenvalue weighted by Gasteiger charge is -2.35. The largest absolute Gasteiger partial charge is 0.507 e. The maximum absolute atomic E-state index is 13.6. The summed E-state index contributed by atoms with van der Waals surface area (Å²) in [5, 5.41) is 11.4. The number of aryl methyl sites for hydroxylation is 1. The van der Waals surface area contributed by atoms with Crippen molar-refractivity contribution in [2.24, 2.45) is 5.92 Å². The fourth-order valence-corrected chi connectivity index (χ4v) is 4.67. The summed E-state index contributed by atoms with van der Waals surface area (Å²) in [7, 11) is 0. The van der Waals surface area contributed by atoms with E-state index < -0.39 is 17.2 Å². The molecule has 1 aromatic rings. The Bertz CT molecular complexity index is 925. The zero-order valence-corrected chi connectivity index (χ0v) is 22.9. The maximum atomic E-state index is 13.6. The zero-order valence-electron chi connectivity index (χ0n) is 22.9. The van der Waals surface area contributed by atoms with Crippen LogP contribution < -0.4 is 4.74 Å². The van der Waals surface area contributed by atoms with Crippen LogP contribution >= 0.6 is 0 Å². The quantitative estimate of drug-likeness (QED) is 0.236. The number of phenols is 1. The molecule has 1 aliphatic rings. The molecule has 0 fully saturated rings. The number of aromatic hydroxyl groups is 1. The molecule has 2 unspecified atom stereocenters. The van der Waals surface area contributed by atoms with Crippen molar-refractivity contribution < 1.29 is 19.4 Å². The number of hydrogen-bond acceptors (Lipinski definition) is 4. The molecule has 0 amide bonds. The van der Waals surface area contributed by atoms with Crippen molar-refractivity contribution in [3.8, 4) is 11.5 Å². The van der Waals surface area contributed by atoms with Crippen molar-refractivity contribution in [3.05, 3.63) is 46.6 Å². The van der Waals surface area contributed by atoms with Gasteiger partial charge in [0.25, 0.3) is 0 Å². The van der Waals surface area contributed by atoms with Crippen LogP contribution in [-0.2, 0) is 11.2 Å². The molecule has 2 rings (SSSR count). The molecule has 4 heteroatoms. The van der Waals surface area contributed by atoms with E-state index in [1.807, 2.05) is 48.5 Å². The highest BCUT2D eigenvalue weighted by molar-refractivity contribution is 5.96. The molecule has 0 saturated carbocycles. The summed E-state index contributed by atoms with van der Waals surface area (Å²) in [4.78, 5) is 13.6. The lowest BCUT2D eigenvalue weighted by molar-refractivity contribution is 0.00596. The summed E-state index contributed by atoms with van der Waals surface area (Å²) >= 11 is 0. The van der Waals surface area contributed by atoms with Gasteiger partial charge in [0.2, 0.25) is 0 Å². The first-order chi connectivity index (χ1) is 15.6. The summed E-state index contributed by atoms with van der Waals surface area (Å²) in [6.07, 6.45) is 7.90. The minimum atomic E-state index is -0.642. The Kier molecular flexibility index (Phi) is 9.07. The van der Waals surface area contributed by atoms with Gasteiger partial charge in [0, 0.05) is 11.5 Å². The molecule has 0 aromatic heterocycles. The van der Waals surface area contributed by atoms with Gasteiger partial charge in [0.15, 0.2) is 0 Å². The number of carbonyl (C=O) groups excluding carboxylic acids is 1. The Labute approximate surface area is 207 Å². The van der Waals surface area contributed by atoms with E-state index in [-0.39, 0.29) is 17.6 Å². The first-order valence-corrected chi connectivity index (χ1v) is 12.8. The van der Waals surface area contributed by atoms with E-state index in [0.717, 1.165) is 43.2 Å². The minimum Gasteiger partial charge on any atom is -0.507 e. The second-order valence-electron chi connectivity index (χ2n) is 11.9. The number of benzene rings is 1. The number of unbranched alkanes of at least 4 members (excludes halogenated alkanes) is 2. The number of ether oxygens (including phenoxy) is 2. The van der Waals surface area contributed by atoms with Crippen LogP contribution in [0.15, 0.2) is 29.9 Å². The van der Waals surface area contributed by atoms with Crippen LogP contribution in [0.2, 0.25) is 0 Å². The lowest BCUT2D eigenvalue weighted by atomic mass is 9.73. The SMILES string of the molecule is C=C(C)C1CCC(C)=CC1c1c(O)cc(CCCCC)c(C(=O)OC(C)(C)C)c1OC(C)(C)C. The van der Waals surface area contributed by atoms with Crippen molar-refractivity contribution in [2.45, 2.75) is 118 Å². The van der Waals surface area contributed by atoms with Crippen LogP contribution in [0, 0.1) is 5.92 Å². The molecule has 1 N–H and O–H groups in total. The third-order valence-electron chi connectivity index (χ3n) is 6.15. The molecule has 4 nitrogen and oxygen atoms in total. The summed E-state index contributed by atoms with van der Waals surface area (Å²) in [5.41, 5.74) is 3.04. The van der Waals surface area contributed by atoms with E-state index in [0.29, 0.717) is 23.3 Å². The highest BCUT2D eigenvalue weighted by atomic mass is 16.6. The molecule has 34 heavy (non-hydrogen) atoms. The summed E-state index contributed by atoms with van der Waals surface area (Å²) in [6, 6.07) is 1.77. The van der Waals surface area contributed by atoms with Crippen LogP contribution in [0.3, 0.4) is 0 Å². The monoisotopic (exact) mass is 470 g/mol. The molecule has 190 valence electrons. The summed E-state index contributed by atoms with van der Waals surface area (Å²) in [6.45, 7) is 22.1. The highest BCUT2D eigenvalue weighted by Crippen LogP contribution is 2.49. The average Bonchev–Trinajstić information content (AvgIpc) is 2.65. The molecule has 0 heterocycles. The minimum absolute atomic E-state index is 0.116. The standard InChI is InChI=1S/C30H46O4/c1-11-12-13-14-21-18-24(31)26(23-17-20(4)15-16-22(23)19(2)3)27(33-29(5,6)7)25(21)28(32)34-30(8,9)10/h17-18,22-23,31H,2,11-16H2,1,3-10H3. The molecule has 0 aliphatic heterocycles. The van der Waals surface area contributed by atoms with Crippen molar-refractivity contribution in [1.82, 2.24) is 0 Å². The number of phenolic OH excluding ortho intramolecular Hbond substituents is 1. The number of rotatable bonds is 8. The van der Waals surface area contributed by atoms with Gasteiger partial charge in [-0.25, -0.2) is 4.79 Å². The Morgan fingerprint density at radius 3 is 2.32 bits per heavy atom. The topological polar surface area (TPSA) is 55.8 Å². The molecular formula is C30H46O4. The van der Waals surface area contributed by atoms with Crippen LogP contribution in [0.4, 0.5) is 0 Å². The van der Waals surface area contributed by atoms with Crippen molar-refractivity contribution in [3.63, 3.8) is 0 Å². The van der Waals surface area contributed by atoms with E-state index in [1.165, 1.54) is 5.57 Å². The van der Waals surface area contributed by atoms with E-state index >= 15 is 0 Å². The first kappa shape index (κ1) is 28.0. The van der Waals surface area contributed by atoms with Crippen LogP contribution in [0.1, 0.15) is 122 Å². The fraction of sp³-hybridized carbons (Fsp3) is 0.633. The van der Waals surface area contributed by atoms with E-state index in [9.17, 15) is 9.90 Å². The average molecular weight is 471 g/mol. The van der Waals surface area contributed by atoms with E-state index in [1.54, 1.807) is 6.07 Å². The Morgan fingerprint density at radius 2 is 1.79 bits per heavy atom.